The van der Waals surface area contributed by atoms with Crippen LogP contribution in [-0.2, 0) is 0 Å². The third-order valence-electron chi connectivity index (χ3n) is 6.01. The van der Waals surface area contributed by atoms with Gasteiger partial charge in [-0.3, -0.25) is 9.80 Å². The molecule has 0 amide bonds. The van der Waals surface area contributed by atoms with Crippen molar-refractivity contribution in [1.82, 2.24) is 9.80 Å². The van der Waals surface area contributed by atoms with E-state index >= 15 is 0 Å². The van der Waals surface area contributed by atoms with Gasteiger partial charge in [-0.2, -0.15) is 11.8 Å². The Balaban J connectivity index is 1.74. The number of rotatable bonds is 4. The van der Waals surface area contributed by atoms with Gasteiger partial charge in [0.2, 0.25) is 0 Å². The van der Waals surface area contributed by atoms with Gasteiger partial charge in [0.1, 0.15) is 0 Å². The Kier molecular flexibility index (Phi) is 5.55. The molecule has 1 saturated carbocycles. The van der Waals surface area contributed by atoms with Crippen LogP contribution in [0.2, 0.25) is 0 Å². The van der Waals surface area contributed by atoms with E-state index in [1.165, 1.54) is 63.9 Å². The summed E-state index contributed by atoms with van der Waals surface area (Å²) < 4.78 is 0. The van der Waals surface area contributed by atoms with Crippen molar-refractivity contribution in [2.75, 3.05) is 25.4 Å². The van der Waals surface area contributed by atoms with Crippen LogP contribution >= 0.6 is 11.8 Å². The Morgan fingerprint density at radius 2 is 1.90 bits per heavy atom. The first kappa shape index (κ1) is 16.1. The highest BCUT2D eigenvalue weighted by Crippen LogP contribution is 2.38. The molecule has 3 fully saturated rings. The second-order valence-electron chi connectivity index (χ2n) is 7.64. The van der Waals surface area contributed by atoms with E-state index in [1.807, 2.05) is 0 Å². The summed E-state index contributed by atoms with van der Waals surface area (Å²) in [6.07, 6.45) is 8.70. The molecule has 2 aliphatic heterocycles. The predicted molar refractivity (Wildman–Crippen MR) is 94.1 cm³/mol. The lowest BCUT2D eigenvalue weighted by molar-refractivity contribution is -0.0276. The van der Waals surface area contributed by atoms with Gasteiger partial charge < -0.3 is 0 Å². The fourth-order valence-corrected chi connectivity index (χ4v) is 6.18. The van der Waals surface area contributed by atoms with E-state index in [1.54, 1.807) is 0 Å². The van der Waals surface area contributed by atoms with Crippen molar-refractivity contribution < 1.29 is 0 Å². The van der Waals surface area contributed by atoms with Gasteiger partial charge in [0.05, 0.1) is 0 Å². The summed E-state index contributed by atoms with van der Waals surface area (Å²) in [6.45, 7) is 11.3. The fraction of sp³-hybridized carbons (Fsp3) is 1.00. The smallest absolute Gasteiger partial charge is 0.0250 e. The molecule has 3 rings (SSSR count). The van der Waals surface area contributed by atoms with E-state index in [0.29, 0.717) is 0 Å². The summed E-state index contributed by atoms with van der Waals surface area (Å²) in [5.74, 6) is 2.08. The van der Waals surface area contributed by atoms with Gasteiger partial charge in [-0.15, -0.1) is 0 Å². The van der Waals surface area contributed by atoms with E-state index < -0.39 is 0 Å². The molecule has 2 nitrogen and oxygen atoms in total. The van der Waals surface area contributed by atoms with Crippen LogP contribution in [0.15, 0.2) is 0 Å². The normalized spacial score (nSPS) is 38.9. The van der Waals surface area contributed by atoms with Crippen molar-refractivity contribution >= 4 is 11.8 Å². The number of hydrogen-bond acceptors (Lipinski definition) is 3. The SMILES string of the molecule is CCSC1CCCC1N1CC2CCCCN2CC1C(C)C. The van der Waals surface area contributed by atoms with Crippen LogP contribution in [0.5, 0.6) is 0 Å². The average molecular weight is 311 g/mol. The van der Waals surface area contributed by atoms with Gasteiger partial charge in [-0.05, 0) is 43.9 Å². The van der Waals surface area contributed by atoms with Crippen molar-refractivity contribution in [1.29, 1.82) is 0 Å². The molecule has 2 heterocycles. The summed E-state index contributed by atoms with van der Waals surface area (Å²) in [5.41, 5.74) is 0. The lowest BCUT2D eigenvalue weighted by Crippen LogP contribution is -2.64. The highest BCUT2D eigenvalue weighted by Gasteiger charge is 2.42. The van der Waals surface area contributed by atoms with Crippen molar-refractivity contribution in [3.63, 3.8) is 0 Å². The number of piperidine rings is 1. The summed E-state index contributed by atoms with van der Waals surface area (Å²) >= 11 is 2.23. The lowest BCUT2D eigenvalue weighted by Gasteiger charge is -2.52. The number of thioether (sulfide) groups is 1. The highest BCUT2D eigenvalue weighted by molar-refractivity contribution is 7.99. The van der Waals surface area contributed by atoms with Crippen LogP contribution in [0.1, 0.15) is 59.3 Å². The Hall–Kier alpha value is 0.270. The monoisotopic (exact) mass is 310 g/mol. The summed E-state index contributed by atoms with van der Waals surface area (Å²) in [7, 11) is 0. The molecule has 122 valence electrons. The van der Waals surface area contributed by atoms with E-state index in [9.17, 15) is 0 Å². The Morgan fingerprint density at radius 3 is 2.67 bits per heavy atom. The molecule has 0 bridgehead atoms. The van der Waals surface area contributed by atoms with Crippen LogP contribution in [0.3, 0.4) is 0 Å². The maximum atomic E-state index is 2.97. The number of piperazine rings is 1. The second kappa shape index (κ2) is 7.23. The van der Waals surface area contributed by atoms with E-state index in [4.69, 9.17) is 0 Å². The first-order valence-corrected chi connectivity index (χ1v) is 10.4. The molecule has 1 aliphatic carbocycles. The van der Waals surface area contributed by atoms with Crippen LogP contribution in [0.4, 0.5) is 0 Å². The Morgan fingerprint density at radius 1 is 1.05 bits per heavy atom. The minimum absolute atomic E-state index is 0.792. The molecule has 0 N–H and O–H groups in total. The zero-order valence-electron chi connectivity index (χ0n) is 14.3. The molecule has 3 aliphatic rings. The molecule has 4 atom stereocenters. The van der Waals surface area contributed by atoms with Crippen molar-refractivity contribution in [2.24, 2.45) is 5.92 Å². The second-order valence-corrected chi connectivity index (χ2v) is 9.16. The van der Waals surface area contributed by atoms with Gasteiger partial charge in [-0.1, -0.05) is 33.6 Å². The standard InChI is InChI=1S/C18H34N2S/c1-4-21-18-10-7-9-16(18)20-12-15-8-5-6-11-19(15)13-17(20)14(2)3/h14-18H,4-13H2,1-3H3. The van der Waals surface area contributed by atoms with E-state index in [-0.39, 0.29) is 0 Å². The molecule has 0 radical (unpaired) electrons. The molecule has 2 saturated heterocycles. The van der Waals surface area contributed by atoms with Crippen LogP contribution in [-0.4, -0.2) is 58.6 Å². The van der Waals surface area contributed by atoms with Gasteiger partial charge in [-0.25, -0.2) is 0 Å². The van der Waals surface area contributed by atoms with Gasteiger partial charge in [0, 0.05) is 36.5 Å². The first-order valence-electron chi connectivity index (χ1n) is 9.32. The van der Waals surface area contributed by atoms with Gasteiger partial charge >= 0.3 is 0 Å². The quantitative estimate of drug-likeness (QED) is 0.778. The minimum Gasteiger partial charge on any atom is -0.298 e. The number of hydrogen-bond donors (Lipinski definition) is 0. The number of nitrogens with zero attached hydrogens (tertiary/aromatic N) is 2. The van der Waals surface area contributed by atoms with Crippen LogP contribution < -0.4 is 0 Å². The van der Waals surface area contributed by atoms with Crippen LogP contribution in [0.25, 0.3) is 0 Å². The summed E-state index contributed by atoms with van der Waals surface area (Å²) in [4.78, 5) is 5.79. The van der Waals surface area contributed by atoms with Crippen LogP contribution in [0, 0.1) is 5.92 Å². The zero-order chi connectivity index (χ0) is 14.8. The minimum atomic E-state index is 0.792. The summed E-state index contributed by atoms with van der Waals surface area (Å²) in [5, 5.41) is 0.909. The zero-order valence-corrected chi connectivity index (χ0v) is 15.1. The molecule has 0 aromatic rings. The van der Waals surface area contributed by atoms with Crippen molar-refractivity contribution in [2.45, 2.75) is 82.7 Å². The summed E-state index contributed by atoms with van der Waals surface area (Å²) in [6, 6.07) is 2.52. The first-order chi connectivity index (χ1) is 10.2. The molecule has 0 aromatic carbocycles. The molecule has 3 heteroatoms. The molecular formula is C18H34N2S. The van der Waals surface area contributed by atoms with Crippen molar-refractivity contribution in [3.05, 3.63) is 0 Å². The molecule has 21 heavy (non-hydrogen) atoms. The van der Waals surface area contributed by atoms with E-state index in [0.717, 1.165) is 29.3 Å². The third kappa shape index (κ3) is 3.45. The highest BCUT2D eigenvalue weighted by atomic mass is 32.2. The topological polar surface area (TPSA) is 6.48 Å². The average Bonchev–Trinajstić information content (AvgIpc) is 2.94. The molecule has 4 unspecified atom stereocenters. The largest absolute Gasteiger partial charge is 0.298 e. The third-order valence-corrected chi connectivity index (χ3v) is 7.32. The van der Waals surface area contributed by atoms with Crippen molar-refractivity contribution in [3.8, 4) is 0 Å². The fourth-order valence-electron chi connectivity index (χ4n) is 4.90. The lowest BCUT2D eigenvalue weighted by atomic mass is 9.90. The molecular weight excluding hydrogens is 276 g/mol. The maximum Gasteiger partial charge on any atom is 0.0250 e. The number of fused-ring (bicyclic) bond motifs is 1. The molecule has 0 spiro atoms. The van der Waals surface area contributed by atoms with E-state index in [2.05, 4.69) is 42.3 Å². The Bertz CT molecular complexity index is 331. The maximum absolute atomic E-state index is 2.97. The van der Waals surface area contributed by atoms with Gasteiger partial charge in [0.15, 0.2) is 0 Å². The Labute approximate surface area is 136 Å². The van der Waals surface area contributed by atoms with Gasteiger partial charge in [0.25, 0.3) is 0 Å². The predicted octanol–water partition coefficient (Wildman–Crippen LogP) is 3.86. The molecule has 0 aromatic heterocycles.